The quantitative estimate of drug-likeness (QED) is 0.616. The highest BCUT2D eigenvalue weighted by molar-refractivity contribution is 6.30. The summed E-state index contributed by atoms with van der Waals surface area (Å²) >= 11 is 5.94. The molecular weight excluding hydrogens is 286 g/mol. The molecule has 21 heavy (non-hydrogen) atoms. The van der Waals surface area contributed by atoms with Crippen molar-refractivity contribution >= 4 is 22.6 Å². The average Bonchev–Trinajstić information content (AvgIpc) is 3.16. The number of aromatic amines is 1. The maximum absolute atomic E-state index is 5.94. The number of halogens is 1. The Bertz CT molecular complexity index is 907. The van der Waals surface area contributed by atoms with Crippen LogP contribution in [-0.4, -0.2) is 25.0 Å². The van der Waals surface area contributed by atoms with E-state index < -0.39 is 0 Å². The summed E-state index contributed by atoms with van der Waals surface area (Å²) in [5.74, 6) is 0.856. The summed E-state index contributed by atoms with van der Waals surface area (Å²) in [6.07, 6.45) is 3.70. The smallest absolute Gasteiger partial charge is 0.144 e. The van der Waals surface area contributed by atoms with Gasteiger partial charge in [-0.15, -0.1) is 0 Å². The van der Waals surface area contributed by atoms with E-state index in [4.69, 9.17) is 11.6 Å². The second-order valence-corrected chi connectivity index (χ2v) is 5.06. The Morgan fingerprint density at radius 1 is 0.952 bits per heavy atom. The first-order valence-corrected chi connectivity index (χ1v) is 6.79. The first-order valence-electron chi connectivity index (χ1n) is 6.41. The van der Waals surface area contributed by atoms with E-state index in [1.807, 2.05) is 53.2 Å². The van der Waals surface area contributed by atoms with Crippen LogP contribution in [0.2, 0.25) is 5.02 Å². The summed E-state index contributed by atoms with van der Waals surface area (Å²) in [5.41, 5.74) is 3.65. The summed E-state index contributed by atoms with van der Waals surface area (Å²) < 4.78 is 2.01. The summed E-state index contributed by atoms with van der Waals surface area (Å²) in [4.78, 5) is 4.44. The van der Waals surface area contributed by atoms with E-state index in [0.717, 1.165) is 28.1 Å². The summed E-state index contributed by atoms with van der Waals surface area (Å²) in [6.45, 7) is 0. The number of rotatable bonds is 2. The van der Waals surface area contributed by atoms with Crippen LogP contribution in [0.3, 0.4) is 0 Å². The molecule has 0 unspecified atom stereocenters. The maximum atomic E-state index is 5.94. The number of H-pyrrole nitrogens is 1. The lowest BCUT2D eigenvalue weighted by Crippen LogP contribution is -1.96. The largest absolute Gasteiger partial charge is 0.300 e. The summed E-state index contributed by atoms with van der Waals surface area (Å²) in [6, 6.07) is 13.5. The van der Waals surface area contributed by atoms with Crippen LogP contribution in [0.4, 0.5) is 0 Å². The molecule has 5 nitrogen and oxygen atoms in total. The Labute approximate surface area is 125 Å². The van der Waals surface area contributed by atoms with E-state index in [1.165, 1.54) is 0 Å². The zero-order chi connectivity index (χ0) is 14.2. The van der Waals surface area contributed by atoms with Crippen molar-refractivity contribution < 1.29 is 0 Å². The molecule has 2 aromatic heterocycles. The fourth-order valence-electron chi connectivity index (χ4n) is 2.30. The topological polar surface area (TPSA) is 59.4 Å². The van der Waals surface area contributed by atoms with E-state index in [-0.39, 0.29) is 0 Å². The molecule has 2 aromatic carbocycles. The van der Waals surface area contributed by atoms with Gasteiger partial charge in [-0.25, -0.2) is 4.98 Å². The Kier molecular flexibility index (Phi) is 2.72. The number of hydrogen-bond donors (Lipinski definition) is 1. The molecule has 0 fully saturated rings. The normalized spacial score (nSPS) is 11.1. The van der Waals surface area contributed by atoms with Crippen LogP contribution >= 0.6 is 11.6 Å². The van der Waals surface area contributed by atoms with Gasteiger partial charge in [0.15, 0.2) is 0 Å². The molecule has 4 aromatic rings. The SMILES string of the molecule is Clc1ccc(-c2nccn2-c2ccc3n[nH]nc3c2)cc1. The molecule has 0 bridgehead atoms. The fourth-order valence-corrected chi connectivity index (χ4v) is 2.43. The number of hydrogen-bond acceptors (Lipinski definition) is 3. The molecule has 1 N–H and O–H groups in total. The Morgan fingerprint density at radius 3 is 2.62 bits per heavy atom. The van der Waals surface area contributed by atoms with Crippen molar-refractivity contribution in [1.29, 1.82) is 0 Å². The molecule has 6 heteroatoms. The molecule has 0 radical (unpaired) electrons. The van der Waals surface area contributed by atoms with Crippen molar-refractivity contribution in [2.75, 3.05) is 0 Å². The van der Waals surface area contributed by atoms with Gasteiger partial charge < -0.3 is 0 Å². The Hall–Kier alpha value is -2.66. The van der Waals surface area contributed by atoms with E-state index in [0.29, 0.717) is 5.02 Å². The minimum atomic E-state index is 0.709. The molecule has 0 spiro atoms. The Balaban J connectivity index is 1.85. The lowest BCUT2D eigenvalue weighted by atomic mass is 10.2. The molecule has 0 saturated carbocycles. The molecule has 0 atom stereocenters. The van der Waals surface area contributed by atoms with Crippen LogP contribution in [0, 0.1) is 0 Å². The fraction of sp³-hybridized carbons (Fsp3) is 0. The molecule has 102 valence electrons. The van der Waals surface area contributed by atoms with Gasteiger partial charge in [0.05, 0.1) is 0 Å². The number of aromatic nitrogens is 5. The molecule has 0 aliphatic heterocycles. The third-order valence-electron chi connectivity index (χ3n) is 3.32. The monoisotopic (exact) mass is 295 g/mol. The predicted octanol–water partition coefficient (Wildman–Crippen LogP) is 3.46. The summed E-state index contributed by atoms with van der Waals surface area (Å²) in [5, 5.41) is 11.5. The van der Waals surface area contributed by atoms with E-state index in [2.05, 4.69) is 20.4 Å². The van der Waals surface area contributed by atoms with Gasteiger partial charge in [-0.3, -0.25) is 4.57 Å². The van der Waals surface area contributed by atoms with Crippen LogP contribution in [0.5, 0.6) is 0 Å². The van der Waals surface area contributed by atoms with Crippen molar-refractivity contribution in [3.05, 3.63) is 59.9 Å². The van der Waals surface area contributed by atoms with Crippen LogP contribution in [0.1, 0.15) is 0 Å². The molecule has 0 aliphatic rings. The lowest BCUT2D eigenvalue weighted by Gasteiger charge is -2.08. The van der Waals surface area contributed by atoms with Crippen molar-refractivity contribution in [2.45, 2.75) is 0 Å². The van der Waals surface area contributed by atoms with Crippen molar-refractivity contribution in [3.63, 3.8) is 0 Å². The van der Waals surface area contributed by atoms with E-state index in [9.17, 15) is 0 Å². The van der Waals surface area contributed by atoms with Crippen LogP contribution in [0.25, 0.3) is 28.1 Å². The second-order valence-electron chi connectivity index (χ2n) is 4.62. The van der Waals surface area contributed by atoms with Gasteiger partial charge >= 0.3 is 0 Å². The number of imidazole rings is 1. The van der Waals surface area contributed by atoms with Gasteiger partial charge in [0, 0.05) is 28.7 Å². The first kappa shape index (κ1) is 12.1. The highest BCUT2D eigenvalue weighted by atomic mass is 35.5. The number of fused-ring (bicyclic) bond motifs is 1. The summed E-state index contributed by atoms with van der Waals surface area (Å²) in [7, 11) is 0. The maximum Gasteiger partial charge on any atom is 0.144 e. The molecule has 0 aliphatic carbocycles. The zero-order valence-corrected chi connectivity index (χ0v) is 11.6. The molecular formula is C15H10ClN5. The number of benzene rings is 2. The zero-order valence-electron chi connectivity index (χ0n) is 10.9. The van der Waals surface area contributed by atoms with Crippen LogP contribution in [0.15, 0.2) is 54.9 Å². The van der Waals surface area contributed by atoms with Crippen LogP contribution < -0.4 is 0 Å². The minimum absolute atomic E-state index is 0.709. The van der Waals surface area contributed by atoms with Crippen LogP contribution in [-0.2, 0) is 0 Å². The molecule has 4 rings (SSSR count). The predicted molar refractivity (Wildman–Crippen MR) is 81.5 cm³/mol. The third kappa shape index (κ3) is 2.08. The minimum Gasteiger partial charge on any atom is -0.300 e. The van der Waals surface area contributed by atoms with Gasteiger partial charge in [0.2, 0.25) is 0 Å². The molecule has 0 amide bonds. The van der Waals surface area contributed by atoms with Gasteiger partial charge in [0.25, 0.3) is 0 Å². The van der Waals surface area contributed by atoms with E-state index >= 15 is 0 Å². The van der Waals surface area contributed by atoms with Gasteiger partial charge in [-0.1, -0.05) is 11.6 Å². The Morgan fingerprint density at radius 2 is 1.76 bits per heavy atom. The molecule has 2 heterocycles. The van der Waals surface area contributed by atoms with Crippen molar-refractivity contribution in [1.82, 2.24) is 25.0 Å². The van der Waals surface area contributed by atoms with Gasteiger partial charge in [-0.2, -0.15) is 15.4 Å². The van der Waals surface area contributed by atoms with Crippen molar-refractivity contribution in [3.8, 4) is 17.1 Å². The second kappa shape index (κ2) is 4.71. The van der Waals surface area contributed by atoms with Gasteiger partial charge in [0.1, 0.15) is 16.9 Å². The first-order chi connectivity index (χ1) is 10.3. The van der Waals surface area contributed by atoms with E-state index in [1.54, 1.807) is 6.20 Å². The molecule has 0 saturated heterocycles. The number of nitrogens with zero attached hydrogens (tertiary/aromatic N) is 4. The number of nitrogens with one attached hydrogen (secondary N) is 1. The standard InChI is InChI=1S/C15H10ClN5/c16-11-3-1-10(2-4-11)15-17-7-8-21(15)12-5-6-13-14(9-12)19-20-18-13/h1-9H,(H,18,19,20). The average molecular weight is 296 g/mol. The highest BCUT2D eigenvalue weighted by Gasteiger charge is 2.09. The third-order valence-corrected chi connectivity index (χ3v) is 3.57. The van der Waals surface area contributed by atoms with Crippen molar-refractivity contribution in [2.24, 2.45) is 0 Å². The highest BCUT2D eigenvalue weighted by Crippen LogP contribution is 2.24. The van der Waals surface area contributed by atoms with Gasteiger partial charge in [-0.05, 0) is 42.5 Å². The lowest BCUT2D eigenvalue weighted by molar-refractivity contribution is 0.959.